The van der Waals surface area contributed by atoms with Crippen molar-refractivity contribution in [2.45, 2.75) is 24.8 Å². The van der Waals surface area contributed by atoms with E-state index < -0.39 is 15.9 Å². The van der Waals surface area contributed by atoms with Crippen molar-refractivity contribution < 1.29 is 17.5 Å². The normalized spacial score (nSPS) is 15.3. The molecule has 3 aromatic rings. The van der Waals surface area contributed by atoms with Crippen molar-refractivity contribution in [3.63, 3.8) is 0 Å². The number of para-hydroxylation sites is 1. The van der Waals surface area contributed by atoms with E-state index in [1.54, 1.807) is 29.2 Å². The van der Waals surface area contributed by atoms with E-state index in [-0.39, 0.29) is 6.42 Å². The van der Waals surface area contributed by atoms with E-state index in [1.807, 2.05) is 23.1 Å². The number of fused-ring (bicyclic) bond motifs is 2. The van der Waals surface area contributed by atoms with Crippen LogP contribution in [0.4, 0.5) is 5.69 Å². The first-order valence-corrected chi connectivity index (χ1v) is 13.2. The van der Waals surface area contributed by atoms with Crippen LogP contribution in [0.5, 0.6) is 0 Å². The molecule has 0 unspecified atom stereocenters. The number of thiazole rings is 1. The fraction of sp³-hybridized carbons (Fsp3) is 0.250. The fourth-order valence-electron chi connectivity index (χ4n) is 3.43. The summed E-state index contributed by atoms with van der Waals surface area (Å²) in [7, 11) is -4.26. The molecule has 0 aliphatic carbocycles. The molecule has 1 aliphatic heterocycles. The summed E-state index contributed by atoms with van der Waals surface area (Å²) in [4.78, 5) is 2.96. The molecule has 0 atom stereocenters. The lowest BCUT2D eigenvalue weighted by molar-refractivity contribution is -0.665. The molecule has 1 aliphatic rings. The van der Waals surface area contributed by atoms with Crippen molar-refractivity contribution in [3.8, 4) is 0 Å². The second kappa shape index (κ2) is 8.68. The van der Waals surface area contributed by atoms with Gasteiger partial charge >= 0.3 is 0 Å². The number of nitrogens with zero attached hydrogens (tertiary/aromatic N) is 2. The number of aryl methyl sites for hydroxylation is 1. The Kier molecular flexibility index (Phi) is 6.35. The van der Waals surface area contributed by atoms with E-state index in [1.165, 1.54) is 10.2 Å². The minimum absolute atomic E-state index is 0.226. The summed E-state index contributed by atoms with van der Waals surface area (Å²) in [6, 6.07) is 11.9. The maximum atomic E-state index is 11.1. The summed E-state index contributed by atoms with van der Waals surface area (Å²) >= 11 is 15.7. The van der Waals surface area contributed by atoms with Gasteiger partial charge < -0.3 is 9.45 Å². The molecule has 4 rings (SSSR count). The molecule has 0 bridgehead atoms. The van der Waals surface area contributed by atoms with Crippen LogP contribution in [0.15, 0.2) is 46.3 Å². The number of aromatic nitrogens is 1. The third-order valence-corrected chi connectivity index (χ3v) is 8.47. The topological polar surface area (TPSA) is 64.3 Å². The Morgan fingerprint density at radius 2 is 1.93 bits per heavy atom. The number of rotatable bonds is 6. The molecule has 30 heavy (non-hydrogen) atoms. The number of anilines is 1. The molecule has 158 valence electrons. The molecule has 0 saturated carbocycles. The molecule has 0 fully saturated rings. The average Bonchev–Trinajstić information content (AvgIpc) is 3.19. The smallest absolute Gasteiger partial charge is 0.265 e. The van der Waals surface area contributed by atoms with Crippen molar-refractivity contribution in [2.24, 2.45) is 0 Å². The molecule has 0 radical (unpaired) electrons. The number of halogens is 2. The minimum atomic E-state index is -4.26. The number of thioether (sulfide) groups is 1. The highest BCUT2D eigenvalue weighted by Crippen LogP contribution is 2.49. The summed E-state index contributed by atoms with van der Waals surface area (Å²) in [6.07, 6.45) is 2.33. The molecule has 1 aromatic heterocycles. The zero-order chi connectivity index (χ0) is 21.5. The van der Waals surface area contributed by atoms with Gasteiger partial charge in [0.05, 0.1) is 37.0 Å². The summed E-state index contributed by atoms with van der Waals surface area (Å²) in [5.74, 6) is -0.407. The molecule has 2 heterocycles. The molecule has 2 aromatic carbocycles. The lowest BCUT2D eigenvalue weighted by Gasteiger charge is -2.21. The van der Waals surface area contributed by atoms with Crippen LogP contribution in [0.3, 0.4) is 0 Å². The molecule has 5 nitrogen and oxygen atoms in total. The maximum Gasteiger partial charge on any atom is 0.265 e. The van der Waals surface area contributed by atoms with Crippen LogP contribution in [0.2, 0.25) is 10.0 Å². The summed E-state index contributed by atoms with van der Waals surface area (Å²) in [6.45, 7) is 3.32. The van der Waals surface area contributed by atoms with Gasteiger partial charge in [-0.15, -0.1) is 0 Å². The number of hydrogen-bond donors (Lipinski definition) is 0. The molecule has 0 spiro atoms. The first kappa shape index (κ1) is 21.9. The Morgan fingerprint density at radius 1 is 1.20 bits per heavy atom. The zero-order valence-corrected chi connectivity index (χ0v) is 19.9. The van der Waals surface area contributed by atoms with E-state index in [0.717, 1.165) is 27.2 Å². The van der Waals surface area contributed by atoms with Gasteiger partial charge in [-0.2, -0.15) is 4.57 Å². The van der Waals surface area contributed by atoms with Crippen LogP contribution in [0, 0.1) is 0 Å². The first-order chi connectivity index (χ1) is 14.3. The highest BCUT2D eigenvalue weighted by Gasteiger charge is 2.28. The van der Waals surface area contributed by atoms with Gasteiger partial charge in [-0.1, -0.05) is 58.4 Å². The minimum Gasteiger partial charge on any atom is -0.748 e. The van der Waals surface area contributed by atoms with E-state index in [0.29, 0.717) is 16.6 Å². The van der Waals surface area contributed by atoms with Crippen LogP contribution in [0.1, 0.15) is 18.4 Å². The predicted octanol–water partition coefficient (Wildman–Crippen LogP) is 5.36. The van der Waals surface area contributed by atoms with E-state index in [4.69, 9.17) is 23.2 Å². The molecular weight excluding hydrogens is 483 g/mol. The molecule has 10 heteroatoms. The third kappa shape index (κ3) is 4.49. The monoisotopic (exact) mass is 500 g/mol. The highest BCUT2D eigenvalue weighted by atomic mass is 35.5. The van der Waals surface area contributed by atoms with Gasteiger partial charge in [-0.25, -0.2) is 8.42 Å². The lowest BCUT2D eigenvalue weighted by Crippen LogP contribution is -2.33. The first-order valence-electron chi connectivity index (χ1n) is 9.28. The Bertz CT molecular complexity index is 1260. The van der Waals surface area contributed by atoms with Crippen molar-refractivity contribution in [1.82, 2.24) is 0 Å². The SMILES string of the molecule is CC[n+]1c(/C=C2\Sc3cc(Cl)c(Cl)cc3N2CCCS(=O)(=O)[O-])sc2ccccc21. The maximum absolute atomic E-state index is 11.1. The lowest BCUT2D eigenvalue weighted by atomic mass is 10.2. The van der Waals surface area contributed by atoms with Gasteiger partial charge in [0, 0.05) is 23.3 Å². The van der Waals surface area contributed by atoms with Crippen LogP contribution >= 0.6 is 46.3 Å². The average molecular weight is 501 g/mol. The van der Waals surface area contributed by atoms with E-state index in [9.17, 15) is 13.0 Å². The van der Waals surface area contributed by atoms with E-state index in [2.05, 4.69) is 29.7 Å². The zero-order valence-electron chi connectivity index (χ0n) is 16.0. The predicted molar refractivity (Wildman–Crippen MR) is 125 cm³/mol. The van der Waals surface area contributed by atoms with Gasteiger partial charge in [0.15, 0.2) is 0 Å². The summed E-state index contributed by atoms with van der Waals surface area (Å²) < 4.78 is 36.7. The molecule has 0 amide bonds. The summed E-state index contributed by atoms with van der Waals surface area (Å²) in [5, 5.41) is 2.94. The van der Waals surface area contributed by atoms with Gasteiger partial charge in [0.2, 0.25) is 5.52 Å². The molecular formula is C20H18Cl2N2O3S3. The van der Waals surface area contributed by atoms with Crippen LogP contribution < -0.4 is 9.47 Å². The Balaban J connectivity index is 1.75. The van der Waals surface area contributed by atoms with Gasteiger partial charge in [0.1, 0.15) is 11.2 Å². The number of hydrogen-bond acceptors (Lipinski definition) is 6. The second-order valence-corrected chi connectivity index (χ2v) is 11.2. The van der Waals surface area contributed by atoms with E-state index >= 15 is 0 Å². The van der Waals surface area contributed by atoms with Gasteiger partial charge in [-0.05, 0) is 31.5 Å². The molecule has 0 N–H and O–H groups in total. The van der Waals surface area contributed by atoms with Crippen molar-refractivity contribution in [1.29, 1.82) is 0 Å². The third-order valence-electron chi connectivity index (χ3n) is 4.75. The standard InChI is InChI=1S/C20H18Cl2N2O3S3/c1-2-23-15-6-3-4-7-17(15)28-19(23)12-20-24(8-5-9-30(25,26)27)16-10-13(21)14(22)11-18(16)29-20/h3-4,6-7,10-12H,2,5,8-9H2,1H3. The van der Waals surface area contributed by atoms with Crippen LogP contribution in [-0.4, -0.2) is 25.3 Å². The van der Waals surface area contributed by atoms with Crippen LogP contribution in [0.25, 0.3) is 16.3 Å². The Morgan fingerprint density at radius 3 is 2.67 bits per heavy atom. The Labute approximate surface area is 193 Å². The largest absolute Gasteiger partial charge is 0.748 e. The highest BCUT2D eigenvalue weighted by molar-refractivity contribution is 8.04. The van der Waals surface area contributed by atoms with Crippen molar-refractivity contribution in [2.75, 3.05) is 17.2 Å². The quantitative estimate of drug-likeness (QED) is 0.336. The fourth-order valence-corrected chi connectivity index (χ4v) is 6.68. The summed E-state index contributed by atoms with van der Waals surface area (Å²) in [5.41, 5.74) is 2.04. The van der Waals surface area contributed by atoms with Gasteiger partial charge in [0.25, 0.3) is 5.01 Å². The Hall–Kier alpha value is -1.29. The van der Waals surface area contributed by atoms with Crippen molar-refractivity contribution in [3.05, 3.63) is 56.5 Å². The van der Waals surface area contributed by atoms with Crippen molar-refractivity contribution >= 4 is 78.4 Å². The van der Waals surface area contributed by atoms with Crippen LogP contribution in [-0.2, 0) is 16.7 Å². The van der Waals surface area contributed by atoms with Gasteiger partial charge in [-0.3, -0.25) is 0 Å². The molecule has 0 saturated heterocycles. The second-order valence-electron chi connectivity index (χ2n) is 6.74. The number of benzene rings is 2.